The molecule has 11 heteroatoms. The van der Waals surface area contributed by atoms with E-state index in [1.165, 1.54) is 25.3 Å². The summed E-state index contributed by atoms with van der Waals surface area (Å²) in [6, 6.07) is 4.38. The molecule has 1 aliphatic rings. The van der Waals surface area contributed by atoms with E-state index in [2.05, 4.69) is 20.0 Å². The number of benzene rings is 1. The Hall–Kier alpha value is -2.88. The summed E-state index contributed by atoms with van der Waals surface area (Å²) in [7, 11) is 0. The van der Waals surface area contributed by atoms with Crippen molar-refractivity contribution in [2.75, 3.05) is 5.32 Å². The minimum absolute atomic E-state index is 0.0990. The van der Waals surface area contributed by atoms with Gasteiger partial charge in [-0.1, -0.05) is 11.6 Å². The lowest BCUT2D eigenvalue weighted by Crippen LogP contribution is -2.46. The highest BCUT2D eigenvalue weighted by atomic mass is 35.5. The van der Waals surface area contributed by atoms with Gasteiger partial charge in [-0.05, 0) is 43.7 Å². The zero-order valence-electron chi connectivity index (χ0n) is 15.8. The molecule has 0 bridgehead atoms. The molecule has 1 aromatic heterocycles. The van der Waals surface area contributed by atoms with Crippen molar-refractivity contribution < 1.29 is 27.1 Å². The smallest absolute Gasteiger partial charge is 0.425 e. The fraction of sp³-hybridized carbons (Fsp3) is 0.316. The highest BCUT2D eigenvalue weighted by molar-refractivity contribution is 6.30. The van der Waals surface area contributed by atoms with Crippen LogP contribution in [0.25, 0.3) is 0 Å². The van der Waals surface area contributed by atoms with Gasteiger partial charge in [-0.25, -0.2) is 14.4 Å². The number of hydrogen-bond acceptors (Lipinski definition) is 5. The van der Waals surface area contributed by atoms with Crippen molar-refractivity contribution in [2.45, 2.75) is 38.1 Å². The molecule has 0 saturated carbocycles. The van der Waals surface area contributed by atoms with Crippen LogP contribution in [0.2, 0.25) is 5.02 Å². The van der Waals surface area contributed by atoms with Crippen LogP contribution in [0.5, 0.6) is 0 Å². The molecule has 2 atom stereocenters. The standard InChI is InChI=1S/C19H17ClF4N4O2/c1-9-5-10(20)8-26-15(9)16(29)27-11-3-4-13(21)12(6-11)18(2)7-14(19(22,23)24)30-17(25)28-18/h3-6,8,14H,7H2,1-2H3,(H2,25,28)(H,27,29)/t14-,18+/m0/s1. The largest absolute Gasteiger partial charge is 0.452 e. The number of amidine groups is 1. The van der Waals surface area contributed by atoms with Gasteiger partial charge in [-0.15, -0.1) is 0 Å². The molecule has 2 heterocycles. The molecule has 30 heavy (non-hydrogen) atoms. The molecule has 0 unspecified atom stereocenters. The number of alkyl halides is 3. The van der Waals surface area contributed by atoms with Crippen LogP contribution in [0.15, 0.2) is 35.5 Å². The second-order valence-corrected chi connectivity index (χ2v) is 7.48. The summed E-state index contributed by atoms with van der Waals surface area (Å²) < 4.78 is 58.7. The topological polar surface area (TPSA) is 89.6 Å². The number of rotatable bonds is 3. The van der Waals surface area contributed by atoms with E-state index in [4.69, 9.17) is 17.3 Å². The van der Waals surface area contributed by atoms with E-state index >= 15 is 0 Å². The highest BCUT2D eigenvalue weighted by Crippen LogP contribution is 2.41. The molecule has 6 nitrogen and oxygen atoms in total. The summed E-state index contributed by atoms with van der Waals surface area (Å²) in [5, 5.41) is 2.91. The molecular formula is C19H17ClF4N4O2. The first-order valence-corrected chi connectivity index (χ1v) is 9.09. The van der Waals surface area contributed by atoms with Crippen molar-refractivity contribution in [1.29, 1.82) is 0 Å². The number of anilines is 1. The van der Waals surface area contributed by atoms with Crippen LogP contribution >= 0.6 is 11.6 Å². The van der Waals surface area contributed by atoms with Gasteiger partial charge >= 0.3 is 6.18 Å². The van der Waals surface area contributed by atoms with Gasteiger partial charge in [0.15, 0.2) is 6.10 Å². The number of amides is 1. The predicted molar refractivity (Wildman–Crippen MR) is 103 cm³/mol. The number of carbonyl (C=O) groups is 1. The zero-order valence-corrected chi connectivity index (χ0v) is 16.6. The van der Waals surface area contributed by atoms with E-state index in [1.807, 2.05) is 0 Å². The van der Waals surface area contributed by atoms with Crippen LogP contribution < -0.4 is 11.1 Å². The number of pyridine rings is 1. The molecule has 160 valence electrons. The van der Waals surface area contributed by atoms with E-state index in [9.17, 15) is 22.4 Å². The number of aryl methyl sites for hydroxylation is 1. The molecular weight excluding hydrogens is 428 g/mol. The van der Waals surface area contributed by atoms with Gasteiger partial charge in [0, 0.05) is 23.9 Å². The van der Waals surface area contributed by atoms with E-state index in [1.54, 1.807) is 13.0 Å². The number of carbonyl (C=O) groups excluding carboxylic acids is 1. The summed E-state index contributed by atoms with van der Waals surface area (Å²) in [5.74, 6) is -1.38. The first kappa shape index (κ1) is 21.8. The maximum atomic E-state index is 14.5. The Kier molecular flexibility index (Phi) is 5.64. The van der Waals surface area contributed by atoms with Gasteiger partial charge < -0.3 is 15.8 Å². The van der Waals surface area contributed by atoms with Crippen LogP contribution in [-0.4, -0.2) is 29.2 Å². The molecule has 1 aliphatic heterocycles. The SMILES string of the molecule is Cc1cc(Cl)cnc1C(=O)Nc1ccc(F)c([C@@]2(C)C[C@@H](C(F)(F)F)OC(N)=N2)c1. The van der Waals surface area contributed by atoms with Gasteiger partial charge in [-0.2, -0.15) is 13.2 Å². The maximum absolute atomic E-state index is 14.5. The van der Waals surface area contributed by atoms with E-state index in [0.29, 0.717) is 10.6 Å². The second kappa shape index (κ2) is 7.75. The lowest BCUT2D eigenvalue weighted by atomic mass is 9.85. The number of nitrogens with zero attached hydrogens (tertiary/aromatic N) is 2. The Morgan fingerprint density at radius 3 is 2.70 bits per heavy atom. The Labute approximate surface area is 174 Å². The lowest BCUT2D eigenvalue weighted by molar-refractivity contribution is -0.208. The number of aromatic nitrogens is 1. The summed E-state index contributed by atoms with van der Waals surface area (Å²) in [4.78, 5) is 20.4. The molecule has 0 aliphatic carbocycles. The molecule has 0 radical (unpaired) electrons. The van der Waals surface area contributed by atoms with Crippen molar-refractivity contribution in [1.82, 2.24) is 4.98 Å². The number of nitrogens with one attached hydrogen (secondary N) is 1. The molecule has 0 spiro atoms. The molecule has 2 aromatic rings. The normalized spacial score (nSPS) is 21.6. The quantitative estimate of drug-likeness (QED) is 0.690. The minimum atomic E-state index is -4.71. The lowest BCUT2D eigenvalue weighted by Gasteiger charge is -2.36. The average molecular weight is 445 g/mol. The van der Waals surface area contributed by atoms with E-state index in [-0.39, 0.29) is 16.9 Å². The Morgan fingerprint density at radius 1 is 1.37 bits per heavy atom. The molecule has 1 amide bonds. The monoisotopic (exact) mass is 444 g/mol. The number of aliphatic imine (C=N–C) groups is 1. The van der Waals surface area contributed by atoms with Crippen LogP contribution in [0.4, 0.5) is 23.2 Å². The molecule has 0 saturated heterocycles. The summed E-state index contributed by atoms with van der Waals surface area (Å²) in [5.41, 5.74) is 4.38. The number of halogens is 5. The van der Waals surface area contributed by atoms with Crippen molar-refractivity contribution >= 4 is 29.2 Å². The Morgan fingerprint density at radius 2 is 2.07 bits per heavy atom. The van der Waals surface area contributed by atoms with Crippen LogP contribution in [0.1, 0.15) is 35.0 Å². The summed E-state index contributed by atoms with van der Waals surface area (Å²) in [6.45, 7) is 2.96. The third-order valence-corrected chi connectivity index (χ3v) is 4.84. The third kappa shape index (κ3) is 4.48. The Bertz CT molecular complexity index is 1030. The number of hydrogen-bond donors (Lipinski definition) is 2. The summed E-state index contributed by atoms with van der Waals surface area (Å²) in [6.07, 6.45) is -6.32. The zero-order chi connectivity index (χ0) is 22.3. The first-order valence-electron chi connectivity index (χ1n) is 8.71. The third-order valence-electron chi connectivity index (χ3n) is 4.63. The average Bonchev–Trinajstić information content (AvgIpc) is 2.61. The van der Waals surface area contributed by atoms with Crippen LogP contribution in [-0.2, 0) is 10.3 Å². The predicted octanol–water partition coefficient (Wildman–Crippen LogP) is 4.32. The number of ether oxygens (including phenoxy) is 1. The van der Waals surface area contributed by atoms with Crippen LogP contribution in [0, 0.1) is 12.7 Å². The highest BCUT2D eigenvalue weighted by Gasteiger charge is 2.50. The minimum Gasteiger partial charge on any atom is -0.452 e. The molecule has 1 aromatic carbocycles. The Balaban J connectivity index is 1.93. The summed E-state index contributed by atoms with van der Waals surface area (Å²) >= 11 is 5.83. The molecule has 3 rings (SSSR count). The maximum Gasteiger partial charge on any atom is 0.425 e. The van der Waals surface area contributed by atoms with Gasteiger partial charge in [0.2, 0.25) is 0 Å². The molecule has 3 N–H and O–H groups in total. The van der Waals surface area contributed by atoms with Gasteiger partial charge in [0.1, 0.15) is 11.5 Å². The van der Waals surface area contributed by atoms with Crippen molar-refractivity contribution in [3.63, 3.8) is 0 Å². The number of nitrogens with two attached hydrogens (primary N) is 1. The van der Waals surface area contributed by atoms with Crippen LogP contribution in [0.3, 0.4) is 0 Å². The van der Waals surface area contributed by atoms with Gasteiger partial charge in [0.05, 0.1) is 10.6 Å². The molecule has 0 fully saturated rings. The first-order chi connectivity index (χ1) is 13.9. The van der Waals surface area contributed by atoms with Crippen molar-refractivity contribution in [3.8, 4) is 0 Å². The van der Waals surface area contributed by atoms with Gasteiger partial charge in [0.25, 0.3) is 11.9 Å². The fourth-order valence-electron chi connectivity index (χ4n) is 3.20. The van der Waals surface area contributed by atoms with E-state index in [0.717, 1.165) is 6.07 Å². The fourth-order valence-corrected chi connectivity index (χ4v) is 3.41. The van der Waals surface area contributed by atoms with E-state index < -0.39 is 42.0 Å². The van der Waals surface area contributed by atoms with Gasteiger partial charge in [-0.3, -0.25) is 4.79 Å². The van der Waals surface area contributed by atoms with Crippen molar-refractivity contribution in [3.05, 3.63) is 58.1 Å². The second-order valence-electron chi connectivity index (χ2n) is 7.04. The van der Waals surface area contributed by atoms with Crippen molar-refractivity contribution in [2.24, 2.45) is 10.7 Å².